The molecule has 1 aliphatic rings. The number of amides is 1. The van der Waals surface area contributed by atoms with Gasteiger partial charge in [-0.05, 0) is 19.1 Å². The van der Waals surface area contributed by atoms with E-state index in [0.29, 0.717) is 17.6 Å². The number of nitrogens with one attached hydrogen (secondary N) is 1. The van der Waals surface area contributed by atoms with Crippen LogP contribution in [0.1, 0.15) is 23.8 Å². The van der Waals surface area contributed by atoms with Crippen molar-refractivity contribution in [1.82, 2.24) is 14.9 Å². The van der Waals surface area contributed by atoms with Crippen LogP contribution in [-0.2, 0) is 0 Å². The van der Waals surface area contributed by atoms with Gasteiger partial charge in [0.1, 0.15) is 11.5 Å². The summed E-state index contributed by atoms with van der Waals surface area (Å²) in [5.74, 6) is 2.81. The molecule has 1 atom stereocenters. The molecule has 0 spiro atoms. The number of hydrogen-bond acceptors (Lipinski definition) is 5. The Labute approximate surface area is 111 Å². The van der Waals surface area contributed by atoms with Crippen LogP contribution in [0.3, 0.4) is 0 Å². The van der Waals surface area contributed by atoms with E-state index >= 15 is 0 Å². The number of aromatic nitrogens is 2. The van der Waals surface area contributed by atoms with Crippen molar-refractivity contribution >= 4 is 23.5 Å². The first-order valence-electron chi connectivity index (χ1n) is 6.13. The Hall–Kier alpha value is -1.30. The molecule has 1 N–H and O–H groups in total. The fraction of sp³-hybridized carbons (Fsp3) is 0.583. The molecule has 1 saturated heterocycles. The SMILES string of the molecule is CCNc1cnc(C(=O)N(C)C2CCSC2)cn1. The molecule has 5 nitrogen and oxygen atoms in total. The van der Waals surface area contributed by atoms with Crippen molar-refractivity contribution in [3.05, 3.63) is 18.1 Å². The Bertz CT molecular complexity index is 403. The lowest BCUT2D eigenvalue weighted by atomic mass is 10.2. The molecule has 1 fully saturated rings. The van der Waals surface area contributed by atoms with Crippen molar-refractivity contribution in [2.45, 2.75) is 19.4 Å². The van der Waals surface area contributed by atoms with Crippen LogP contribution in [0.5, 0.6) is 0 Å². The largest absolute Gasteiger partial charge is 0.369 e. The zero-order valence-corrected chi connectivity index (χ0v) is 11.5. The van der Waals surface area contributed by atoms with E-state index in [1.54, 1.807) is 17.3 Å². The highest BCUT2D eigenvalue weighted by molar-refractivity contribution is 7.99. The summed E-state index contributed by atoms with van der Waals surface area (Å²) in [7, 11) is 1.85. The van der Waals surface area contributed by atoms with Gasteiger partial charge in [0.15, 0.2) is 0 Å². The van der Waals surface area contributed by atoms with E-state index in [1.165, 1.54) is 0 Å². The molecule has 2 rings (SSSR count). The van der Waals surface area contributed by atoms with E-state index in [4.69, 9.17) is 0 Å². The van der Waals surface area contributed by atoms with Crippen molar-refractivity contribution in [1.29, 1.82) is 0 Å². The summed E-state index contributed by atoms with van der Waals surface area (Å²) < 4.78 is 0. The lowest BCUT2D eigenvalue weighted by molar-refractivity contribution is 0.0741. The summed E-state index contributed by atoms with van der Waals surface area (Å²) in [6.07, 6.45) is 4.21. The Kier molecular flexibility index (Phi) is 4.41. The molecule has 6 heteroatoms. The molecule has 98 valence electrons. The maximum Gasteiger partial charge on any atom is 0.274 e. The summed E-state index contributed by atoms with van der Waals surface area (Å²) in [5, 5.41) is 3.06. The molecule has 18 heavy (non-hydrogen) atoms. The molecule has 1 unspecified atom stereocenters. The molecule has 1 aromatic heterocycles. The molecule has 1 amide bonds. The van der Waals surface area contributed by atoms with Crippen LogP contribution in [0.2, 0.25) is 0 Å². The lowest BCUT2D eigenvalue weighted by Crippen LogP contribution is -2.37. The minimum Gasteiger partial charge on any atom is -0.369 e. The number of anilines is 1. The smallest absolute Gasteiger partial charge is 0.274 e. The lowest BCUT2D eigenvalue weighted by Gasteiger charge is -2.23. The summed E-state index contributed by atoms with van der Waals surface area (Å²) in [4.78, 5) is 22.3. The van der Waals surface area contributed by atoms with Crippen LogP contribution >= 0.6 is 11.8 Å². The van der Waals surface area contributed by atoms with Gasteiger partial charge in [0.05, 0.1) is 12.4 Å². The highest BCUT2D eigenvalue weighted by Crippen LogP contribution is 2.22. The summed E-state index contributed by atoms with van der Waals surface area (Å²) in [5.41, 5.74) is 0.413. The van der Waals surface area contributed by atoms with Crippen molar-refractivity contribution in [3.63, 3.8) is 0 Å². The van der Waals surface area contributed by atoms with E-state index < -0.39 is 0 Å². The highest BCUT2D eigenvalue weighted by Gasteiger charge is 2.25. The van der Waals surface area contributed by atoms with E-state index in [2.05, 4.69) is 15.3 Å². The molecular weight excluding hydrogens is 248 g/mol. The highest BCUT2D eigenvalue weighted by atomic mass is 32.2. The normalized spacial score (nSPS) is 18.7. The van der Waals surface area contributed by atoms with Crippen LogP contribution in [0.25, 0.3) is 0 Å². The second kappa shape index (κ2) is 6.04. The molecule has 0 bridgehead atoms. The predicted molar refractivity (Wildman–Crippen MR) is 74.0 cm³/mol. The molecule has 2 heterocycles. The number of hydrogen-bond donors (Lipinski definition) is 1. The zero-order chi connectivity index (χ0) is 13.0. The zero-order valence-electron chi connectivity index (χ0n) is 10.7. The van der Waals surface area contributed by atoms with Crippen LogP contribution in [0.4, 0.5) is 5.82 Å². The summed E-state index contributed by atoms with van der Waals surface area (Å²) >= 11 is 1.89. The minimum absolute atomic E-state index is 0.0435. The van der Waals surface area contributed by atoms with Gasteiger partial charge >= 0.3 is 0 Å². The van der Waals surface area contributed by atoms with Crippen molar-refractivity contribution in [2.24, 2.45) is 0 Å². The van der Waals surface area contributed by atoms with Crippen molar-refractivity contribution < 1.29 is 4.79 Å². The number of rotatable bonds is 4. The quantitative estimate of drug-likeness (QED) is 0.894. The van der Waals surface area contributed by atoms with E-state index in [1.807, 2.05) is 25.7 Å². The van der Waals surface area contributed by atoms with E-state index in [0.717, 1.165) is 24.5 Å². The second-order valence-corrected chi connectivity index (χ2v) is 5.40. The minimum atomic E-state index is -0.0435. The van der Waals surface area contributed by atoms with Crippen LogP contribution < -0.4 is 5.32 Å². The number of carbonyl (C=O) groups excluding carboxylic acids is 1. The molecule has 1 aromatic rings. The third-order valence-corrected chi connectivity index (χ3v) is 4.15. The van der Waals surface area contributed by atoms with Gasteiger partial charge in [0, 0.05) is 25.4 Å². The Morgan fingerprint density at radius 2 is 2.39 bits per heavy atom. The molecular formula is C12H18N4OS. The predicted octanol–water partition coefficient (Wildman–Crippen LogP) is 1.49. The third-order valence-electron chi connectivity index (χ3n) is 3.00. The first-order valence-corrected chi connectivity index (χ1v) is 7.28. The Morgan fingerprint density at radius 1 is 1.56 bits per heavy atom. The average Bonchev–Trinajstić information content (AvgIpc) is 2.92. The van der Waals surface area contributed by atoms with Gasteiger partial charge in [-0.1, -0.05) is 0 Å². The molecule has 0 saturated carbocycles. The Morgan fingerprint density at radius 3 is 2.94 bits per heavy atom. The fourth-order valence-electron chi connectivity index (χ4n) is 1.88. The number of thioether (sulfide) groups is 1. The first-order chi connectivity index (χ1) is 8.72. The number of nitrogens with zero attached hydrogens (tertiary/aromatic N) is 3. The number of carbonyl (C=O) groups is 1. The van der Waals surface area contributed by atoms with Gasteiger partial charge in [-0.2, -0.15) is 11.8 Å². The second-order valence-electron chi connectivity index (χ2n) is 4.25. The van der Waals surface area contributed by atoms with E-state index in [9.17, 15) is 4.79 Å². The van der Waals surface area contributed by atoms with Crippen molar-refractivity contribution in [2.75, 3.05) is 30.4 Å². The van der Waals surface area contributed by atoms with Gasteiger partial charge in [0.25, 0.3) is 5.91 Å². The molecule has 0 radical (unpaired) electrons. The maximum atomic E-state index is 12.2. The first kappa shape index (κ1) is 13.1. The van der Waals surface area contributed by atoms with Gasteiger partial charge < -0.3 is 10.2 Å². The van der Waals surface area contributed by atoms with Crippen LogP contribution in [0, 0.1) is 0 Å². The van der Waals surface area contributed by atoms with Crippen molar-refractivity contribution in [3.8, 4) is 0 Å². The van der Waals surface area contributed by atoms with Gasteiger partial charge in [-0.15, -0.1) is 0 Å². The van der Waals surface area contributed by atoms with Gasteiger partial charge in [-0.3, -0.25) is 4.79 Å². The molecule has 0 aliphatic carbocycles. The van der Waals surface area contributed by atoms with Crippen LogP contribution in [-0.4, -0.2) is 51.9 Å². The molecule has 1 aliphatic heterocycles. The Balaban J connectivity index is 2.03. The third kappa shape index (κ3) is 2.93. The summed E-state index contributed by atoms with van der Waals surface area (Å²) in [6, 6.07) is 0.331. The van der Waals surface area contributed by atoms with Gasteiger partial charge in [0.2, 0.25) is 0 Å². The molecule has 0 aromatic carbocycles. The van der Waals surface area contributed by atoms with Crippen LogP contribution in [0.15, 0.2) is 12.4 Å². The average molecular weight is 266 g/mol. The maximum absolute atomic E-state index is 12.2. The standard InChI is InChI=1S/C12H18N4OS/c1-3-13-11-7-14-10(6-15-11)12(17)16(2)9-4-5-18-8-9/h6-7,9H,3-5,8H2,1-2H3,(H,13,15). The van der Waals surface area contributed by atoms with E-state index in [-0.39, 0.29) is 5.91 Å². The van der Waals surface area contributed by atoms with Gasteiger partial charge in [-0.25, -0.2) is 9.97 Å². The topological polar surface area (TPSA) is 58.1 Å². The monoisotopic (exact) mass is 266 g/mol. The fourth-order valence-corrected chi connectivity index (χ4v) is 3.15. The summed E-state index contributed by atoms with van der Waals surface area (Å²) in [6.45, 7) is 2.79.